The van der Waals surface area contributed by atoms with E-state index in [1.807, 2.05) is 25.1 Å². The first kappa shape index (κ1) is 21.6. The Hall–Kier alpha value is -3.06. The number of hydrogen-bond donors (Lipinski definition) is 1. The van der Waals surface area contributed by atoms with Crippen molar-refractivity contribution >= 4 is 11.9 Å². The van der Waals surface area contributed by atoms with Crippen molar-refractivity contribution in [2.24, 2.45) is 0 Å². The SMILES string of the molecule is CCOc1cc([C@H]2COCC[C@H]2NC(=O)c2ccc(C(=O)OC)cc2)ccc1OC. The molecule has 7 nitrogen and oxygen atoms in total. The molecule has 0 radical (unpaired) electrons. The first-order valence-corrected chi connectivity index (χ1v) is 9.95. The number of hydrogen-bond acceptors (Lipinski definition) is 6. The lowest BCUT2D eigenvalue weighted by Crippen LogP contribution is -2.44. The van der Waals surface area contributed by atoms with Crippen LogP contribution in [-0.2, 0) is 9.47 Å². The van der Waals surface area contributed by atoms with Crippen molar-refractivity contribution in [1.29, 1.82) is 0 Å². The van der Waals surface area contributed by atoms with Gasteiger partial charge in [-0.25, -0.2) is 4.79 Å². The molecule has 3 rings (SSSR count). The summed E-state index contributed by atoms with van der Waals surface area (Å²) in [7, 11) is 2.93. The summed E-state index contributed by atoms with van der Waals surface area (Å²) in [6.45, 7) is 3.54. The molecule has 1 N–H and O–H groups in total. The Morgan fingerprint density at radius 1 is 1.07 bits per heavy atom. The average Bonchev–Trinajstić information content (AvgIpc) is 2.79. The van der Waals surface area contributed by atoms with Gasteiger partial charge in [-0.15, -0.1) is 0 Å². The predicted octanol–water partition coefficient (Wildman–Crippen LogP) is 3.18. The van der Waals surface area contributed by atoms with Gasteiger partial charge >= 0.3 is 5.97 Å². The Labute approximate surface area is 176 Å². The van der Waals surface area contributed by atoms with Crippen LogP contribution >= 0.6 is 0 Å². The molecule has 0 unspecified atom stereocenters. The lowest BCUT2D eigenvalue weighted by Gasteiger charge is -2.33. The van der Waals surface area contributed by atoms with Crippen LogP contribution in [0.5, 0.6) is 11.5 Å². The highest BCUT2D eigenvalue weighted by Crippen LogP contribution is 2.34. The van der Waals surface area contributed by atoms with Crippen LogP contribution in [-0.4, -0.2) is 52.0 Å². The number of methoxy groups -OCH3 is 2. The van der Waals surface area contributed by atoms with Crippen LogP contribution in [0.1, 0.15) is 45.5 Å². The number of nitrogens with one attached hydrogen (secondary N) is 1. The molecule has 2 aromatic rings. The normalized spacial score (nSPS) is 18.4. The molecule has 2 atom stereocenters. The molecule has 0 spiro atoms. The molecule has 0 saturated carbocycles. The number of esters is 1. The monoisotopic (exact) mass is 413 g/mol. The van der Waals surface area contributed by atoms with Gasteiger partial charge in [0, 0.05) is 24.1 Å². The quantitative estimate of drug-likeness (QED) is 0.702. The molecule has 0 bridgehead atoms. The number of amides is 1. The molecular formula is C23H27NO6. The van der Waals surface area contributed by atoms with Gasteiger partial charge in [-0.05, 0) is 55.3 Å². The minimum absolute atomic E-state index is 0.0119. The fourth-order valence-corrected chi connectivity index (χ4v) is 3.56. The van der Waals surface area contributed by atoms with Gasteiger partial charge in [-0.2, -0.15) is 0 Å². The van der Waals surface area contributed by atoms with Gasteiger partial charge in [0.1, 0.15) is 0 Å². The third kappa shape index (κ3) is 4.91. The van der Waals surface area contributed by atoms with Gasteiger partial charge < -0.3 is 24.3 Å². The van der Waals surface area contributed by atoms with Gasteiger partial charge in [0.2, 0.25) is 0 Å². The average molecular weight is 413 g/mol. The Kier molecular flexibility index (Phi) is 7.30. The molecule has 0 aliphatic carbocycles. The van der Waals surface area contributed by atoms with Gasteiger partial charge in [0.05, 0.1) is 33.0 Å². The fourth-order valence-electron chi connectivity index (χ4n) is 3.56. The van der Waals surface area contributed by atoms with Crippen LogP contribution in [0, 0.1) is 0 Å². The summed E-state index contributed by atoms with van der Waals surface area (Å²) < 4.78 is 21.4. The summed E-state index contributed by atoms with van der Waals surface area (Å²) in [5.41, 5.74) is 1.91. The summed E-state index contributed by atoms with van der Waals surface area (Å²) in [4.78, 5) is 24.4. The molecule has 1 aliphatic rings. The zero-order valence-corrected chi connectivity index (χ0v) is 17.5. The van der Waals surface area contributed by atoms with E-state index in [-0.39, 0.29) is 17.9 Å². The highest BCUT2D eigenvalue weighted by molar-refractivity contribution is 5.96. The maximum Gasteiger partial charge on any atom is 0.337 e. The van der Waals surface area contributed by atoms with E-state index >= 15 is 0 Å². The Balaban J connectivity index is 1.76. The van der Waals surface area contributed by atoms with E-state index < -0.39 is 5.97 Å². The second kappa shape index (κ2) is 10.1. The summed E-state index contributed by atoms with van der Waals surface area (Å²) in [5.74, 6) is 0.704. The first-order chi connectivity index (χ1) is 14.6. The molecular weight excluding hydrogens is 386 g/mol. The van der Waals surface area contributed by atoms with Crippen LogP contribution < -0.4 is 14.8 Å². The van der Waals surface area contributed by atoms with Gasteiger partial charge in [0.15, 0.2) is 11.5 Å². The number of ether oxygens (including phenoxy) is 4. The van der Waals surface area contributed by atoms with Crippen molar-refractivity contribution in [1.82, 2.24) is 5.32 Å². The molecule has 2 aromatic carbocycles. The van der Waals surface area contributed by atoms with Gasteiger partial charge in [-0.3, -0.25) is 4.79 Å². The zero-order valence-electron chi connectivity index (χ0n) is 17.5. The van der Waals surface area contributed by atoms with E-state index in [0.29, 0.717) is 48.9 Å². The third-order valence-electron chi connectivity index (χ3n) is 5.16. The molecule has 1 saturated heterocycles. The molecule has 0 aromatic heterocycles. The molecule has 30 heavy (non-hydrogen) atoms. The number of carbonyl (C=O) groups excluding carboxylic acids is 2. The highest BCUT2D eigenvalue weighted by Gasteiger charge is 2.29. The van der Waals surface area contributed by atoms with Crippen molar-refractivity contribution < 1.29 is 28.5 Å². The van der Waals surface area contributed by atoms with E-state index in [2.05, 4.69) is 5.32 Å². The molecule has 1 aliphatic heterocycles. The van der Waals surface area contributed by atoms with E-state index in [1.165, 1.54) is 7.11 Å². The van der Waals surface area contributed by atoms with Crippen LogP contribution in [0.25, 0.3) is 0 Å². The maximum atomic E-state index is 12.8. The maximum absolute atomic E-state index is 12.8. The van der Waals surface area contributed by atoms with Crippen molar-refractivity contribution in [3.63, 3.8) is 0 Å². The van der Waals surface area contributed by atoms with Crippen molar-refractivity contribution in [2.45, 2.75) is 25.3 Å². The lowest BCUT2D eigenvalue weighted by molar-refractivity contribution is 0.0554. The smallest absolute Gasteiger partial charge is 0.337 e. The minimum Gasteiger partial charge on any atom is -0.493 e. The Morgan fingerprint density at radius 2 is 1.80 bits per heavy atom. The van der Waals surface area contributed by atoms with Gasteiger partial charge in [-0.1, -0.05) is 6.07 Å². The number of rotatable bonds is 7. The summed E-state index contributed by atoms with van der Waals surface area (Å²) >= 11 is 0. The summed E-state index contributed by atoms with van der Waals surface area (Å²) in [6, 6.07) is 12.1. The number of carbonyl (C=O) groups is 2. The molecule has 1 heterocycles. The first-order valence-electron chi connectivity index (χ1n) is 9.95. The van der Waals surface area contributed by atoms with Crippen molar-refractivity contribution in [2.75, 3.05) is 34.0 Å². The van der Waals surface area contributed by atoms with Crippen molar-refractivity contribution in [3.05, 3.63) is 59.2 Å². The second-order valence-electron chi connectivity index (χ2n) is 6.96. The fraction of sp³-hybridized carbons (Fsp3) is 0.391. The predicted molar refractivity (Wildman–Crippen MR) is 111 cm³/mol. The Morgan fingerprint density at radius 3 is 2.47 bits per heavy atom. The van der Waals surface area contributed by atoms with E-state index in [0.717, 1.165) is 5.56 Å². The van der Waals surface area contributed by atoms with Crippen LogP contribution in [0.3, 0.4) is 0 Å². The lowest BCUT2D eigenvalue weighted by atomic mass is 9.88. The molecule has 1 fully saturated rings. The molecule has 1 amide bonds. The van der Waals surface area contributed by atoms with Crippen LogP contribution in [0.2, 0.25) is 0 Å². The van der Waals surface area contributed by atoms with Crippen molar-refractivity contribution in [3.8, 4) is 11.5 Å². The largest absolute Gasteiger partial charge is 0.493 e. The van der Waals surface area contributed by atoms with Gasteiger partial charge in [0.25, 0.3) is 5.91 Å². The highest BCUT2D eigenvalue weighted by atomic mass is 16.5. The molecule has 160 valence electrons. The van der Waals surface area contributed by atoms with E-state index in [4.69, 9.17) is 18.9 Å². The number of benzene rings is 2. The second-order valence-corrected chi connectivity index (χ2v) is 6.96. The topological polar surface area (TPSA) is 83.1 Å². The summed E-state index contributed by atoms with van der Waals surface area (Å²) in [5, 5.41) is 3.12. The molecule has 7 heteroatoms. The zero-order chi connectivity index (χ0) is 21.5. The summed E-state index contributed by atoms with van der Waals surface area (Å²) in [6.07, 6.45) is 0.701. The third-order valence-corrected chi connectivity index (χ3v) is 5.16. The Bertz CT molecular complexity index is 880. The standard InChI is InChI=1S/C23H27NO6/c1-4-30-21-13-17(9-10-20(21)27-2)18-14-29-12-11-19(18)24-22(25)15-5-7-16(8-6-15)23(26)28-3/h5-10,13,18-19H,4,11-12,14H2,1-3H3,(H,24,25)/t18-,19-/m1/s1. The van der Waals surface area contributed by atoms with E-state index in [9.17, 15) is 9.59 Å². The minimum atomic E-state index is -0.434. The van der Waals surface area contributed by atoms with E-state index in [1.54, 1.807) is 31.4 Å². The van der Waals surface area contributed by atoms with Crippen LogP contribution in [0.15, 0.2) is 42.5 Å². The van der Waals surface area contributed by atoms with Crippen LogP contribution in [0.4, 0.5) is 0 Å².